The van der Waals surface area contributed by atoms with E-state index in [1.54, 1.807) is 13.8 Å². The van der Waals surface area contributed by atoms with E-state index in [-0.39, 0.29) is 11.7 Å². The van der Waals surface area contributed by atoms with Crippen molar-refractivity contribution in [1.29, 1.82) is 0 Å². The number of aliphatic hydroxyl groups excluding tert-OH is 1. The summed E-state index contributed by atoms with van der Waals surface area (Å²) in [7, 11) is 0. The monoisotopic (exact) mass is 358 g/mol. The minimum Gasteiger partial charge on any atom is -0.509 e. The summed E-state index contributed by atoms with van der Waals surface area (Å²) in [4.78, 5) is 16.9. The van der Waals surface area contributed by atoms with Crippen LogP contribution in [-0.4, -0.2) is 21.5 Å². The van der Waals surface area contributed by atoms with Gasteiger partial charge in [0.15, 0.2) is 0 Å². The van der Waals surface area contributed by atoms with E-state index >= 15 is 0 Å². The molecule has 1 amide bonds. The number of carbonyl (C=O) groups is 1. The van der Waals surface area contributed by atoms with Gasteiger partial charge in [0.1, 0.15) is 5.76 Å². The Morgan fingerprint density at radius 2 is 1.70 bits per heavy atom. The van der Waals surface area contributed by atoms with Gasteiger partial charge in [-0.2, -0.15) is 0 Å². The topological polar surface area (TPSA) is 62.2 Å². The van der Waals surface area contributed by atoms with Crippen molar-refractivity contribution in [1.82, 2.24) is 10.3 Å². The Balaban J connectivity index is 1.49. The van der Waals surface area contributed by atoms with Crippen LogP contribution in [0, 0.1) is 0 Å². The zero-order chi connectivity index (χ0) is 19.0. The van der Waals surface area contributed by atoms with Crippen molar-refractivity contribution in [2.75, 3.05) is 0 Å². The lowest BCUT2D eigenvalue weighted by Gasteiger charge is -2.17. The zero-order valence-electron chi connectivity index (χ0n) is 15.5. The second-order valence-corrected chi connectivity index (χ2v) is 7.49. The normalized spacial score (nSPS) is 16.0. The molecule has 1 aromatic heterocycles. The van der Waals surface area contributed by atoms with Gasteiger partial charge < -0.3 is 10.4 Å². The molecule has 0 unspecified atom stereocenters. The molecule has 4 heteroatoms. The van der Waals surface area contributed by atoms with Gasteiger partial charge in [0.25, 0.3) is 5.91 Å². The number of nitrogens with one attached hydrogen (secondary N) is 1. The van der Waals surface area contributed by atoms with Crippen molar-refractivity contribution in [3.8, 4) is 0 Å². The van der Waals surface area contributed by atoms with E-state index in [0.717, 1.165) is 35.0 Å². The predicted octanol–water partition coefficient (Wildman–Crippen LogP) is 4.20. The van der Waals surface area contributed by atoms with Crippen LogP contribution in [0.2, 0.25) is 0 Å². The summed E-state index contributed by atoms with van der Waals surface area (Å²) in [5.74, 6) is -0.133. The molecular formula is C23H22N2O2. The van der Waals surface area contributed by atoms with Crippen LogP contribution in [0.1, 0.15) is 30.7 Å². The van der Waals surface area contributed by atoms with Crippen molar-refractivity contribution < 1.29 is 9.90 Å². The van der Waals surface area contributed by atoms with Crippen molar-refractivity contribution in [3.63, 3.8) is 0 Å². The standard InChI is InChI=1S/C23H22N2O2/c1-23(2)21(26)20(22(27)25-23)17-10-7-15(8-11-17)9-13-18-14-12-16-5-3-4-6-19(16)24-18/h3-8,10-12,14,26H,9,13H2,1-2H3,(H,25,27). The average Bonchev–Trinajstić information content (AvgIpc) is 2.87. The Bertz CT molecular complexity index is 1050. The second-order valence-electron chi connectivity index (χ2n) is 7.49. The van der Waals surface area contributed by atoms with Crippen LogP contribution >= 0.6 is 0 Å². The van der Waals surface area contributed by atoms with Crippen LogP contribution in [0.15, 0.2) is 66.4 Å². The molecule has 3 aromatic rings. The summed E-state index contributed by atoms with van der Waals surface area (Å²) in [5, 5.41) is 14.3. The molecule has 27 heavy (non-hydrogen) atoms. The first-order valence-corrected chi connectivity index (χ1v) is 9.14. The summed E-state index contributed by atoms with van der Waals surface area (Å²) in [6, 6.07) is 20.1. The van der Waals surface area contributed by atoms with Crippen LogP contribution < -0.4 is 5.32 Å². The number of amides is 1. The van der Waals surface area contributed by atoms with Crippen LogP contribution in [0.25, 0.3) is 16.5 Å². The maximum absolute atomic E-state index is 12.2. The minimum absolute atomic E-state index is 0.0978. The summed E-state index contributed by atoms with van der Waals surface area (Å²) in [6.07, 6.45) is 1.72. The van der Waals surface area contributed by atoms with E-state index in [4.69, 9.17) is 4.98 Å². The quantitative estimate of drug-likeness (QED) is 0.735. The van der Waals surface area contributed by atoms with Crippen molar-refractivity contribution in [2.24, 2.45) is 0 Å². The SMILES string of the molecule is CC1(C)NC(=O)C(c2ccc(CCc3ccc4ccccc4n3)cc2)=C1O. The Kier molecular flexibility index (Phi) is 4.19. The molecule has 1 aliphatic heterocycles. The molecular weight excluding hydrogens is 336 g/mol. The molecule has 0 atom stereocenters. The molecule has 4 rings (SSSR count). The van der Waals surface area contributed by atoms with Crippen molar-refractivity contribution in [3.05, 3.63) is 83.2 Å². The number of aryl methyl sites for hydroxylation is 2. The van der Waals surface area contributed by atoms with Crippen LogP contribution in [0.5, 0.6) is 0 Å². The highest BCUT2D eigenvalue weighted by molar-refractivity contribution is 6.23. The Labute approximate surface area is 158 Å². The first kappa shape index (κ1) is 17.3. The van der Waals surface area contributed by atoms with Gasteiger partial charge in [-0.3, -0.25) is 9.78 Å². The molecule has 0 radical (unpaired) electrons. The number of nitrogens with zero attached hydrogens (tertiary/aromatic N) is 1. The van der Waals surface area contributed by atoms with Gasteiger partial charge in [-0.1, -0.05) is 48.5 Å². The van der Waals surface area contributed by atoms with Gasteiger partial charge in [-0.15, -0.1) is 0 Å². The number of para-hydroxylation sites is 1. The second kappa shape index (κ2) is 6.54. The smallest absolute Gasteiger partial charge is 0.256 e. The van der Waals surface area contributed by atoms with Gasteiger partial charge >= 0.3 is 0 Å². The van der Waals surface area contributed by atoms with Gasteiger partial charge in [0.05, 0.1) is 16.6 Å². The fourth-order valence-electron chi connectivity index (χ4n) is 3.45. The van der Waals surface area contributed by atoms with Crippen LogP contribution in [0.3, 0.4) is 0 Å². The lowest BCUT2D eigenvalue weighted by molar-refractivity contribution is -0.115. The number of benzene rings is 2. The lowest BCUT2D eigenvalue weighted by Crippen LogP contribution is -2.38. The first-order chi connectivity index (χ1) is 12.9. The average molecular weight is 358 g/mol. The fourth-order valence-corrected chi connectivity index (χ4v) is 3.45. The number of aliphatic hydroxyl groups is 1. The van der Waals surface area contributed by atoms with E-state index in [0.29, 0.717) is 5.57 Å². The van der Waals surface area contributed by atoms with E-state index in [2.05, 4.69) is 23.5 Å². The number of carbonyl (C=O) groups excluding carboxylic acids is 1. The fraction of sp³-hybridized carbons (Fsp3) is 0.217. The molecule has 0 saturated heterocycles. The predicted molar refractivity (Wildman–Crippen MR) is 107 cm³/mol. The van der Waals surface area contributed by atoms with E-state index in [9.17, 15) is 9.90 Å². The zero-order valence-corrected chi connectivity index (χ0v) is 15.5. The third-order valence-electron chi connectivity index (χ3n) is 5.05. The Morgan fingerprint density at radius 1 is 0.963 bits per heavy atom. The molecule has 0 fully saturated rings. The van der Waals surface area contributed by atoms with E-state index in [1.807, 2.05) is 42.5 Å². The first-order valence-electron chi connectivity index (χ1n) is 9.14. The largest absolute Gasteiger partial charge is 0.509 e. The number of hydrogen-bond acceptors (Lipinski definition) is 3. The van der Waals surface area contributed by atoms with Crippen LogP contribution in [-0.2, 0) is 17.6 Å². The number of aromatic nitrogens is 1. The van der Waals surface area contributed by atoms with Gasteiger partial charge in [0.2, 0.25) is 0 Å². The van der Waals surface area contributed by atoms with E-state index in [1.165, 1.54) is 5.56 Å². The molecule has 2 heterocycles. The maximum Gasteiger partial charge on any atom is 0.256 e. The highest BCUT2D eigenvalue weighted by Crippen LogP contribution is 2.31. The molecule has 0 saturated carbocycles. The van der Waals surface area contributed by atoms with Gasteiger partial charge in [0, 0.05) is 11.1 Å². The highest BCUT2D eigenvalue weighted by atomic mass is 16.3. The third kappa shape index (κ3) is 3.31. The lowest BCUT2D eigenvalue weighted by atomic mass is 9.98. The molecule has 0 spiro atoms. The van der Waals surface area contributed by atoms with Gasteiger partial charge in [-0.25, -0.2) is 0 Å². The number of pyridine rings is 1. The minimum atomic E-state index is -0.715. The Morgan fingerprint density at radius 3 is 2.41 bits per heavy atom. The molecule has 136 valence electrons. The number of fused-ring (bicyclic) bond motifs is 1. The summed E-state index contributed by atoms with van der Waals surface area (Å²) in [6.45, 7) is 3.58. The summed E-state index contributed by atoms with van der Waals surface area (Å²) < 4.78 is 0. The van der Waals surface area contributed by atoms with Crippen molar-refractivity contribution >= 4 is 22.4 Å². The highest BCUT2D eigenvalue weighted by Gasteiger charge is 2.38. The molecule has 4 nitrogen and oxygen atoms in total. The molecule has 0 aliphatic carbocycles. The van der Waals surface area contributed by atoms with Gasteiger partial charge in [-0.05, 0) is 49.9 Å². The van der Waals surface area contributed by atoms with Crippen LogP contribution in [0.4, 0.5) is 0 Å². The molecule has 2 aromatic carbocycles. The summed E-state index contributed by atoms with van der Waals surface area (Å²) in [5.41, 5.74) is 3.64. The third-order valence-corrected chi connectivity index (χ3v) is 5.05. The maximum atomic E-state index is 12.2. The van der Waals surface area contributed by atoms with Crippen molar-refractivity contribution in [2.45, 2.75) is 32.2 Å². The summed E-state index contributed by atoms with van der Waals surface area (Å²) >= 11 is 0. The molecule has 1 aliphatic rings. The van der Waals surface area contributed by atoms with E-state index < -0.39 is 5.54 Å². The number of rotatable bonds is 4. The Hall–Kier alpha value is -3.14. The number of hydrogen-bond donors (Lipinski definition) is 2. The molecule has 2 N–H and O–H groups in total. The molecule has 0 bridgehead atoms.